The van der Waals surface area contributed by atoms with Crippen LogP contribution >= 0.6 is 0 Å². The number of aliphatic carboxylic acids is 1. The molecular weight excluding hydrogens is 294 g/mol. The van der Waals surface area contributed by atoms with E-state index in [9.17, 15) is 9.90 Å². The fourth-order valence-electron chi connectivity index (χ4n) is 3.77. The lowest BCUT2D eigenvalue weighted by Gasteiger charge is -2.38. The van der Waals surface area contributed by atoms with Gasteiger partial charge in [-0.3, -0.25) is 0 Å². The van der Waals surface area contributed by atoms with Gasteiger partial charge in [-0.1, -0.05) is 13.0 Å². The summed E-state index contributed by atoms with van der Waals surface area (Å²) < 4.78 is 0. The van der Waals surface area contributed by atoms with Gasteiger partial charge in [0.05, 0.1) is 0 Å². The Bertz CT molecular complexity index is 572. The van der Waals surface area contributed by atoms with Crippen molar-refractivity contribution in [3.63, 3.8) is 0 Å². The highest BCUT2D eigenvalue weighted by atomic mass is 16.4. The average Bonchev–Trinajstić information content (AvgIpc) is 2.58. The minimum absolute atomic E-state index is 0.266. The average molecular weight is 321 g/mol. The number of carboxylic acid groups (broad SMARTS) is 1. The van der Waals surface area contributed by atoms with E-state index in [0.717, 1.165) is 5.92 Å². The molecule has 128 valence electrons. The fourth-order valence-corrected chi connectivity index (χ4v) is 3.77. The lowest BCUT2D eigenvalue weighted by Crippen LogP contribution is -2.32. The Balaban J connectivity index is 0.000000277. The monoisotopic (exact) mass is 321 g/mol. The summed E-state index contributed by atoms with van der Waals surface area (Å²) in [5, 5.41) is 25.5. The first kappa shape index (κ1) is 17.8. The molecule has 0 spiro atoms. The molecule has 0 amide bonds. The number of carboxylic acids is 1. The number of fused-ring (bicyclic) bond motifs is 4. The third-order valence-electron chi connectivity index (χ3n) is 4.96. The van der Waals surface area contributed by atoms with Gasteiger partial charge in [0.2, 0.25) is 0 Å². The zero-order valence-corrected chi connectivity index (χ0v) is 14.1. The van der Waals surface area contributed by atoms with E-state index >= 15 is 0 Å². The van der Waals surface area contributed by atoms with Gasteiger partial charge < -0.3 is 20.2 Å². The quantitative estimate of drug-likeness (QED) is 0.737. The van der Waals surface area contributed by atoms with Crippen LogP contribution in [0.4, 0.5) is 0 Å². The maximum absolute atomic E-state index is 9.71. The van der Waals surface area contributed by atoms with E-state index in [0.29, 0.717) is 5.75 Å². The van der Waals surface area contributed by atoms with Gasteiger partial charge in [0.25, 0.3) is 0 Å². The van der Waals surface area contributed by atoms with Crippen molar-refractivity contribution < 1.29 is 20.1 Å². The second-order valence-electron chi connectivity index (χ2n) is 7.20. The van der Waals surface area contributed by atoms with Crippen LogP contribution in [0.5, 0.6) is 5.75 Å². The Hall–Kier alpha value is -1.59. The number of rotatable bonds is 1. The molecule has 0 saturated carbocycles. The number of hydrogen-bond donors (Lipinski definition) is 3. The van der Waals surface area contributed by atoms with E-state index in [1.54, 1.807) is 0 Å². The first-order chi connectivity index (χ1) is 10.7. The van der Waals surface area contributed by atoms with Gasteiger partial charge in [-0.05, 0) is 74.4 Å². The Morgan fingerprint density at radius 1 is 1.43 bits per heavy atom. The fraction of sp³-hybridized carbons (Fsp3) is 0.611. The van der Waals surface area contributed by atoms with Crippen LogP contribution < -0.4 is 0 Å². The van der Waals surface area contributed by atoms with Crippen LogP contribution in [0, 0.1) is 5.92 Å². The Morgan fingerprint density at radius 3 is 2.70 bits per heavy atom. The summed E-state index contributed by atoms with van der Waals surface area (Å²) in [4.78, 5) is 11.9. The molecule has 2 bridgehead atoms. The summed E-state index contributed by atoms with van der Waals surface area (Å²) in [5.74, 6) is 0.0144. The molecule has 2 aliphatic rings. The molecule has 1 aromatic carbocycles. The van der Waals surface area contributed by atoms with Gasteiger partial charge >= 0.3 is 5.97 Å². The van der Waals surface area contributed by atoms with Crippen molar-refractivity contribution in [2.45, 2.75) is 44.6 Å². The van der Waals surface area contributed by atoms with E-state index in [1.165, 1.54) is 50.4 Å². The molecule has 3 rings (SSSR count). The van der Waals surface area contributed by atoms with Crippen LogP contribution in [0.25, 0.3) is 0 Å². The Morgan fingerprint density at radius 2 is 2.09 bits per heavy atom. The smallest absolute Gasteiger partial charge is 0.332 e. The van der Waals surface area contributed by atoms with E-state index in [4.69, 9.17) is 10.2 Å². The second-order valence-corrected chi connectivity index (χ2v) is 7.20. The van der Waals surface area contributed by atoms with E-state index in [1.807, 2.05) is 12.1 Å². The predicted octanol–water partition coefficient (Wildman–Crippen LogP) is 2.00. The van der Waals surface area contributed by atoms with Gasteiger partial charge in [0, 0.05) is 6.54 Å². The number of carbonyl (C=O) groups is 1. The lowest BCUT2D eigenvalue weighted by molar-refractivity contribution is -0.145. The molecule has 1 unspecified atom stereocenters. The van der Waals surface area contributed by atoms with Gasteiger partial charge in [0.1, 0.15) is 11.9 Å². The minimum Gasteiger partial charge on any atom is -0.508 e. The first-order valence-corrected chi connectivity index (χ1v) is 8.13. The van der Waals surface area contributed by atoms with Crippen molar-refractivity contribution in [1.82, 2.24) is 4.90 Å². The maximum Gasteiger partial charge on any atom is 0.332 e. The number of benzene rings is 1. The van der Waals surface area contributed by atoms with Crippen LogP contribution in [-0.4, -0.2) is 52.4 Å². The SMILES string of the molecule is CC(O)C(=O)O.CN1CC[C@]2(C)C[C@@H](Cc3ccc(O)cc32)C1. The Kier molecular flexibility index (Phi) is 5.32. The molecule has 1 aliphatic heterocycles. The molecule has 23 heavy (non-hydrogen) atoms. The van der Waals surface area contributed by atoms with Gasteiger partial charge in [-0.2, -0.15) is 0 Å². The van der Waals surface area contributed by atoms with Crippen LogP contribution in [-0.2, 0) is 16.6 Å². The number of aliphatic hydroxyl groups is 1. The molecule has 1 aliphatic carbocycles. The van der Waals surface area contributed by atoms with Crippen molar-refractivity contribution in [1.29, 1.82) is 0 Å². The van der Waals surface area contributed by atoms with Crippen molar-refractivity contribution in [3.05, 3.63) is 29.3 Å². The molecule has 1 aromatic rings. The zero-order chi connectivity index (χ0) is 17.2. The summed E-state index contributed by atoms with van der Waals surface area (Å²) in [6.45, 7) is 5.96. The summed E-state index contributed by atoms with van der Waals surface area (Å²) in [5.41, 5.74) is 3.11. The van der Waals surface area contributed by atoms with Crippen LogP contribution in [0.3, 0.4) is 0 Å². The number of phenolic OH excluding ortho intramolecular Hbond substituents is 1. The molecule has 3 N–H and O–H groups in total. The van der Waals surface area contributed by atoms with E-state index in [2.05, 4.69) is 24.9 Å². The second kappa shape index (κ2) is 6.89. The van der Waals surface area contributed by atoms with Crippen molar-refractivity contribution in [2.24, 2.45) is 5.92 Å². The summed E-state index contributed by atoms with van der Waals surface area (Å²) in [7, 11) is 2.23. The number of hydrogen-bond acceptors (Lipinski definition) is 4. The first-order valence-electron chi connectivity index (χ1n) is 8.13. The van der Waals surface area contributed by atoms with Crippen LogP contribution in [0.1, 0.15) is 37.8 Å². The van der Waals surface area contributed by atoms with E-state index in [-0.39, 0.29) is 5.41 Å². The largest absolute Gasteiger partial charge is 0.508 e. The van der Waals surface area contributed by atoms with Gasteiger partial charge in [-0.15, -0.1) is 0 Å². The Labute approximate surface area is 137 Å². The topological polar surface area (TPSA) is 81.0 Å². The molecule has 5 nitrogen and oxygen atoms in total. The normalized spacial score (nSPS) is 27.9. The third kappa shape index (κ3) is 4.24. The summed E-state index contributed by atoms with van der Waals surface area (Å²) in [6.07, 6.45) is 2.42. The molecule has 0 aromatic heterocycles. The highest BCUT2D eigenvalue weighted by Crippen LogP contribution is 2.45. The third-order valence-corrected chi connectivity index (χ3v) is 4.96. The number of likely N-dealkylation sites (tertiary alicyclic amines) is 1. The molecule has 5 heteroatoms. The highest BCUT2D eigenvalue weighted by molar-refractivity contribution is 5.71. The summed E-state index contributed by atoms with van der Waals surface area (Å²) in [6, 6.07) is 5.96. The highest BCUT2D eigenvalue weighted by Gasteiger charge is 2.39. The predicted molar refractivity (Wildman–Crippen MR) is 88.7 cm³/mol. The molecule has 1 heterocycles. The molecule has 1 fully saturated rings. The van der Waals surface area contributed by atoms with Crippen LogP contribution in [0.2, 0.25) is 0 Å². The van der Waals surface area contributed by atoms with Crippen molar-refractivity contribution in [3.8, 4) is 5.75 Å². The maximum atomic E-state index is 9.71. The number of nitrogens with zero attached hydrogens (tertiary/aromatic N) is 1. The molecule has 0 radical (unpaired) electrons. The molecule has 1 saturated heterocycles. The van der Waals surface area contributed by atoms with E-state index < -0.39 is 12.1 Å². The van der Waals surface area contributed by atoms with Crippen LogP contribution in [0.15, 0.2) is 18.2 Å². The molecule has 3 atom stereocenters. The number of aromatic hydroxyl groups is 1. The molecular formula is C18H27NO4. The summed E-state index contributed by atoms with van der Waals surface area (Å²) >= 11 is 0. The van der Waals surface area contributed by atoms with Gasteiger partial charge in [-0.25, -0.2) is 4.79 Å². The van der Waals surface area contributed by atoms with Crippen molar-refractivity contribution in [2.75, 3.05) is 20.1 Å². The van der Waals surface area contributed by atoms with Crippen molar-refractivity contribution >= 4 is 5.97 Å². The minimum atomic E-state index is -1.23. The lowest BCUT2D eigenvalue weighted by atomic mass is 9.66. The van der Waals surface area contributed by atoms with Gasteiger partial charge in [0.15, 0.2) is 0 Å². The number of aliphatic hydroxyl groups excluding tert-OH is 1. The standard InChI is InChI=1S/C15H21NO.C3H6O3/c1-15-5-6-16(2)10-11(9-15)7-12-3-4-13(17)8-14(12)15;1-2(4)3(5)6/h3-4,8,11,17H,5-7,9-10H2,1-2H3;2,4H,1H3,(H,5,6)/t11-,15-;/m1./s1. The zero-order valence-electron chi connectivity index (χ0n) is 14.1. The number of phenols is 1.